The first-order valence-electron chi connectivity index (χ1n) is 13.2. The Morgan fingerprint density at radius 3 is 2.55 bits per heavy atom. The average molecular weight is 524 g/mol. The van der Waals surface area contributed by atoms with Crippen molar-refractivity contribution in [2.24, 2.45) is 29.1 Å². The summed E-state index contributed by atoms with van der Waals surface area (Å²) >= 11 is 0. The highest BCUT2D eigenvalue weighted by molar-refractivity contribution is 6.03. The summed E-state index contributed by atoms with van der Waals surface area (Å²) in [7, 11) is 0. The van der Waals surface area contributed by atoms with E-state index in [-0.39, 0.29) is 35.2 Å². The minimum Gasteiger partial charge on any atom is -0.487 e. The number of aromatic nitrogens is 1. The number of allylic oxidation sites excluding steroid dienone is 1. The van der Waals surface area contributed by atoms with Crippen LogP contribution in [0.4, 0.5) is 0 Å². The SMILES string of the molecule is C=C1CCC2C(C=C(C)C(=O)C3(OC(C)=O)CC(C)C(Oc4cnccc4C=O)C3C1OC(C)=O)C2(C)C. The van der Waals surface area contributed by atoms with Gasteiger partial charge < -0.3 is 14.2 Å². The van der Waals surface area contributed by atoms with Gasteiger partial charge in [-0.15, -0.1) is 0 Å². The fraction of sp³-hybridized carbons (Fsp3) is 0.567. The number of ketones is 1. The van der Waals surface area contributed by atoms with Gasteiger partial charge in [-0.3, -0.25) is 24.2 Å². The molecule has 0 saturated heterocycles. The molecule has 7 atom stereocenters. The lowest BCUT2D eigenvalue weighted by Crippen LogP contribution is -2.55. The van der Waals surface area contributed by atoms with E-state index in [0.29, 0.717) is 35.3 Å². The van der Waals surface area contributed by atoms with E-state index in [1.807, 2.05) is 13.0 Å². The predicted molar refractivity (Wildman–Crippen MR) is 139 cm³/mol. The van der Waals surface area contributed by atoms with E-state index in [4.69, 9.17) is 14.2 Å². The molecule has 0 N–H and O–H groups in total. The number of esters is 2. The standard InChI is InChI=1S/C30H37NO7/c1-16-8-9-22-23(29(22,6)7)12-17(2)28(35)30(38-20(5)34)13-18(3)27(25(30)26(16)36-19(4)33)37-24-14-31-11-10-21(24)15-32/h10-12,14-15,18,22-23,25-27H,1,8-9,13H2,2-7H3. The maximum Gasteiger partial charge on any atom is 0.303 e. The van der Waals surface area contributed by atoms with Crippen LogP contribution in [-0.4, -0.2) is 46.8 Å². The second kappa shape index (κ2) is 10.1. The molecule has 8 heteroatoms. The number of aldehydes is 1. The first kappa shape index (κ1) is 27.7. The van der Waals surface area contributed by atoms with Crippen molar-refractivity contribution in [2.45, 2.75) is 78.6 Å². The third kappa shape index (κ3) is 4.81. The van der Waals surface area contributed by atoms with Crippen molar-refractivity contribution in [2.75, 3.05) is 0 Å². The molecule has 2 saturated carbocycles. The molecule has 7 unspecified atom stereocenters. The van der Waals surface area contributed by atoms with Gasteiger partial charge in [-0.05, 0) is 60.1 Å². The molecule has 38 heavy (non-hydrogen) atoms. The van der Waals surface area contributed by atoms with Crippen molar-refractivity contribution in [3.8, 4) is 5.75 Å². The fourth-order valence-corrected chi connectivity index (χ4v) is 6.77. The summed E-state index contributed by atoms with van der Waals surface area (Å²) in [4.78, 5) is 55.1. The quantitative estimate of drug-likeness (QED) is 0.311. The highest BCUT2D eigenvalue weighted by atomic mass is 16.6. The number of nitrogens with zero attached hydrogens (tertiary/aromatic N) is 1. The fourth-order valence-electron chi connectivity index (χ4n) is 6.77. The van der Waals surface area contributed by atoms with Gasteiger partial charge >= 0.3 is 11.9 Å². The summed E-state index contributed by atoms with van der Waals surface area (Å²) in [6.07, 6.45) is 5.45. The number of hydrogen-bond donors (Lipinski definition) is 0. The maximum absolute atomic E-state index is 14.4. The molecule has 0 spiro atoms. The Morgan fingerprint density at radius 2 is 1.92 bits per heavy atom. The van der Waals surface area contributed by atoms with Gasteiger partial charge in [0, 0.05) is 26.5 Å². The summed E-state index contributed by atoms with van der Waals surface area (Å²) < 4.78 is 18.3. The molecule has 8 nitrogen and oxygen atoms in total. The molecule has 2 fully saturated rings. The molecule has 0 aromatic carbocycles. The van der Waals surface area contributed by atoms with E-state index in [0.717, 1.165) is 6.42 Å². The van der Waals surface area contributed by atoms with Gasteiger partial charge in [-0.25, -0.2) is 0 Å². The number of carbonyl (C=O) groups is 4. The van der Waals surface area contributed by atoms with Crippen LogP contribution in [0.5, 0.6) is 5.75 Å². The minimum atomic E-state index is -1.65. The Bertz CT molecular complexity index is 1200. The van der Waals surface area contributed by atoms with Gasteiger partial charge in [-0.1, -0.05) is 33.4 Å². The van der Waals surface area contributed by atoms with Crippen LogP contribution in [0.3, 0.4) is 0 Å². The third-order valence-electron chi connectivity index (χ3n) is 8.72. The lowest BCUT2D eigenvalue weighted by atomic mass is 9.76. The van der Waals surface area contributed by atoms with Crippen molar-refractivity contribution < 1.29 is 33.4 Å². The Balaban J connectivity index is 1.91. The molecule has 1 aromatic rings. The average Bonchev–Trinajstić information content (AvgIpc) is 3.24. The number of ether oxygens (including phenoxy) is 3. The second-order valence-corrected chi connectivity index (χ2v) is 11.7. The van der Waals surface area contributed by atoms with Crippen molar-refractivity contribution in [1.82, 2.24) is 4.98 Å². The number of rotatable bonds is 5. The lowest BCUT2D eigenvalue weighted by Gasteiger charge is -2.40. The van der Waals surface area contributed by atoms with E-state index in [1.54, 1.807) is 6.92 Å². The number of Topliss-reactive ketones (excluding diaryl/α,β-unsaturated/α-hetero) is 1. The van der Waals surface area contributed by atoms with Crippen molar-refractivity contribution >= 4 is 24.0 Å². The zero-order valence-corrected chi connectivity index (χ0v) is 23.0. The van der Waals surface area contributed by atoms with E-state index >= 15 is 0 Å². The van der Waals surface area contributed by atoms with Crippen molar-refractivity contribution in [1.29, 1.82) is 0 Å². The largest absolute Gasteiger partial charge is 0.487 e. The monoisotopic (exact) mass is 523 g/mol. The van der Waals surface area contributed by atoms with Crippen molar-refractivity contribution in [3.05, 3.63) is 47.8 Å². The number of pyridine rings is 1. The van der Waals surface area contributed by atoms with Crippen LogP contribution >= 0.6 is 0 Å². The molecular weight excluding hydrogens is 486 g/mol. The minimum absolute atomic E-state index is 0.0199. The molecule has 204 valence electrons. The number of hydrogen-bond acceptors (Lipinski definition) is 8. The summed E-state index contributed by atoms with van der Waals surface area (Å²) in [5.74, 6) is -1.91. The molecule has 0 bridgehead atoms. The lowest BCUT2D eigenvalue weighted by molar-refractivity contribution is -0.178. The van der Waals surface area contributed by atoms with Gasteiger partial charge in [0.1, 0.15) is 18.0 Å². The van der Waals surface area contributed by atoms with Gasteiger partial charge in [0.05, 0.1) is 17.7 Å². The molecule has 3 aliphatic carbocycles. The van der Waals surface area contributed by atoms with Crippen LogP contribution in [0, 0.1) is 29.1 Å². The predicted octanol–water partition coefficient (Wildman–Crippen LogP) is 4.67. The molecule has 1 heterocycles. The summed E-state index contributed by atoms with van der Waals surface area (Å²) in [6, 6.07) is 1.54. The zero-order chi connectivity index (χ0) is 28.0. The van der Waals surface area contributed by atoms with Crippen LogP contribution < -0.4 is 4.74 Å². The Morgan fingerprint density at radius 1 is 1.21 bits per heavy atom. The van der Waals surface area contributed by atoms with Gasteiger partial charge in [0.15, 0.2) is 11.9 Å². The van der Waals surface area contributed by atoms with Crippen LogP contribution in [0.15, 0.2) is 42.3 Å². The van der Waals surface area contributed by atoms with Crippen molar-refractivity contribution in [3.63, 3.8) is 0 Å². The van der Waals surface area contributed by atoms with Gasteiger partial charge in [0.2, 0.25) is 5.78 Å². The summed E-state index contributed by atoms with van der Waals surface area (Å²) in [5.41, 5.74) is -0.191. The highest BCUT2D eigenvalue weighted by Gasteiger charge is 2.65. The number of carbonyl (C=O) groups excluding carboxylic acids is 4. The third-order valence-corrected chi connectivity index (χ3v) is 8.72. The molecule has 4 rings (SSSR count). The van der Waals surface area contributed by atoms with Crippen LogP contribution in [0.25, 0.3) is 0 Å². The Kier molecular flexibility index (Phi) is 7.38. The van der Waals surface area contributed by atoms with E-state index in [2.05, 4.69) is 25.4 Å². The maximum atomic E-state index is 14.4. The van der Waals surface area contributed by atoms with E-state index in [9.17, 15) is 19.2 Å². The summed E-state index contributed by atoms with van der Waals surface area (Å²) in [6.45, 7) is 14.9. The molecule has 0 amide bonds. The normalized spacial score (nSPS) is 34.1. The molecule has 3 aliphatic rings. The second-order valence-electron chi connectivity index (χ2n) is 11.7. The highest BCUT2D eigenvalue weighted by Crippen LogP contribution is 2.62. The smallest absolute Gasteiger partial charge is 0.303 e. The topological polar surface area (TPSA) is 109 Å². The molecule has 1 aromatic heterocycles. The van der Waals surface area contributed by atoms with Crippen LogP contribution in [0.1, 0.15) is 71.2 Å². The van der Waals surface area contributed by atoms with Crippen LogP contribution in [0.2, 0.25) is 0 Å². The first-order chi connectivity index (χ1) is 17.8. The van der Waals surface area contributed by atoms with Gasteiger partial charge in [-0.2, -0.15) is 0 Å². The zero-order valence-electron chi connectivity index (χ0n) is 23.0. The Labute approximate surface area is 223 Å². The van der Waals surface area contributed by atoms with E-state index < -0.39 is 35.7 Å². The Hall–Kier alpha value is -3.29. The van der Waals surface area contributed by atoms with Gasteiger partial charge in [0.25, 0.3) is 0 Å². The summed E-state index contributed by atoms with van der Waals surface area (Å²) in [5, 5.41) is 0. The van der Waals surface area contributed by atoms with Crippen LogP contribution in [-0.2, 0) is 23.9 Å². The van der Waals surface area contributed by atoms with E-state index in [1.165, 1.54) is 32.3 Å². The molecule has 0 aliphatic heterocycles. The number of fused-ring (bicyclic) bond motifs is 2. The molecule has 0 radical (unpaired) electrons. The molecular formula is C30H37NO7. The first-order valence-corrected chi connectivity index (χ1v) is 13.2.